The molecule has 9 heteroatoms. The molecule has 8 nitrogen and oxygen atoms in total. The Morgan fingerprint density at radius 1 is 1.37 bits per heavy atom. The van der Waals surface area contributed by atoms with E-state index in [0.717, 1.165) is 18.2 Å². The van der Waals surface area contributed by atoms with Crippen LogP contribution in [0.25, 0.3) is 0 Å². The van der Waals surface area contributed by atoms with Crippen molar-refractivity contribution in [2.24, 2.45) is 22.4 Å². The molecule has 0 aliphatic carbocycles. The number of aliphatic imine (C=N–C) groups is 1. The second kappa shape index (κ2) is 9.20. The Bertz CT molecular complexity index is 365. The van der Waals surface area contributed by atoms with Crippen LogP contribution < -0.4 is 22.1 Å². The predicted molar refractivity (Wildman–Crippen MR) is 77.0 cm³/mol. The van der Waals surface area contributed by atoms with Gasteiger partial charge in [-0.15, -0.1) is 0 Å². The number of nitrogens with zero attached hydrogens (tertiary/aromatic N) is 1. The summed E-state index contributed by atoms with van der Waals surface area (Å²) in [6.07, 6.45) is 0.839. The molecular formula is C10H20N6O2S. The summed E-state index contributed by atoms with van der Waals surface area (Å²) in [5.74, 6) is -0.383. The fourth-order valence-corrected chi connectivity index (χ4v) is 1.47. The number of urea groups is 1. The van der Waals surface area contributed by atoms with Gasteiger partial charge in [0.05, 0.1) is 5.75 Å². The highest BCUT2D eigenvalue weighted by Gasteiger charge is 2.08. The summed E-state index contributed by atoms with van der Waals surface area (Å²) in [4.78, 5) is 26.1. The third-order valence-electron chi connectivity index (χ3n) is 1.83. The first-order chi connectivity index (χ1) is 8.81. The molecule has 0 saturated heterocycles. The van der Waals surface area contributed by atoms with Crippen LogP contribution in [0.15, 0.2) is 4.99 Å². The van der Waals surface area contributed by atoms with Crippen LogP contribution in [0.2, 0.25) is 0 Å². The number of carbonyl (C=O) groups is 2. The van der Waals surface area contributed by atoms with Crippen LogP contribution in [-0.4, -0.2) is 35.4 Å². The lowest BCUT2D eigenvalue weighted by molar-refractivity contribution is -0.117. The van der Waals surface area contributed by atoms with Crippen LogP contribution in [0.1, 0.15) is 20.3 Å². The molecule has 0 unspecified atom stereocenters. The first kappa shape index (κ1) is 17.2. The number of rotatable bonds is 5. The van der Waals surface area contributed by atoms with E-state index in [1.54, 1.807) is 0 Å². The van der Waals surface area contributed by atoms with Crippen LogP contribution in [0.4, 0.5) is 4.79 Å². The molecule has 19 heavy (non-hydrogen) atoms. The van der Waals surface area contributed by atoms with Gasteiger partial charge in [0.15, 0.2) is 11.1 Å². The number of amidine groups is 1. The van der Waals surface area contributed by atoms with Crippen molar-refractivity contribution < 1.29 is 9.59 Å². The van der Waals surface area contributed by atoms with Crippen LogP contribution in [0, 0.1) is 11.3 Å². The highest BCUT2D eigenvalue weighted by Crippen LogP contribution is 2.02. The summed E-state index contributed by atoms with van der Waals surface area (Å²) in [5.41, 5.74) is 10.1. The normalized spacial score (nSPS) is 9.84. The molecule has 0 heterocycles. The van der Waals surface area contributed by atoms with E-state index < -0.39 is 11.9 Å². The quantitative estimate of drug-likeness (QED) is 0.351. The highest BCUT2D eigenvalue weighted by atomic mass is 32.2. The summed E-state index contributed by atoms with van der Waals surface area (Å²) in [5, 5.41) is 11.8. The van der Waals surface area contributed by atoms with Crippen molar-refractivity contribution in [1.82, 2.24) is 10.6 Å². The predicted octanol–water partition coefficient (Wildman–Crippen LogP) is -0.200. The lowest BCUT2D eigenvalue weighted by Crippen LogP contribution is -2.41. The van der Waals surface area contributed by atoms with Gasteiger partial charge in [-0.3, -0.25) is 15.5 Å². The van der Waals surface area contributed by atoms with Crippen LogP contribution >= 0.6 is 11.8 Å². The minimum atomic E-state index is -0.542. The summed E-state index contributed by atoms with van der Waals surface area (Å²) in [6.45, 7) is 4.58. The fourth-order valence-electron chi connectivity index (χ4n) is 0.965. The summed E-state index contributed by atoms with van der Waals surface area (Å²) in [7, 11) is 0. The molecule has 0 bridgehead atoms. The lowest BCUT2D eigenvalue weighted by Gasteiger charge is -2.07. The fraction of sp³-hybridized carbons (Fsp3) is 0.600. The molecule has 0 fully saturated rings. The Labute approximate surface area is 116 Å². The largest absolute Gasteiger partial charge is 0.370 e. The highest BCUT2D eigenvalue weighted by molar-refractivity contribution is 8.14. The third-order valence-corrected chi connectivity index (χ3v) is 2.60. The number of hydrogen-bond acceptors (Lipinski definition) is 4. The van der Waals surface area contributed by atoms with Gasteiger partial charge in [-0.05, 0) is 12.3 Å². The molecular weight excluding hydrogens is 268 g/mol. The van der Waals surface area contributed by atoms with E-state index >= 15 is 0 Å². The van der Waals surface area contributed by atoms with Gasteiger partial charge in [0.25, 0.3) is 0 Å². The third kappa shape index (κ3) is 11.1. The van der Waals surface area contributed by atoms with Gasteiger partial charge in [0.1, 0.15) is 0 Å². The van der Waals surface area contributed by atoms with Crippen molar-refractivity contribution in [3.05, 3.63) is 0 Å². The van der Waals surface area contributed by atoms with E-state index in [-0.39, 0.29) is 16.9 Å². The van der Waals surface area contributed by atoms with Crippen molar-refractivity contribution in [1.29, 1.82) is 5.41 Å². The van der Waals surface area contributed by atoms with Gasteiger partial charge in [0.2, 0.25) is 5.91 Å². The number of carbonyl (C=O) groups excluding carboxylic acids is 2. The zero-order chi connectivity index (χ0) is 14.8. The number of nitrogens with one attached hydrogen (secondary N) is 3. The van der Waals surface area contributed by atoms with Crippen LogP contribution in [0.5, 0.6) is 0 Å². The zero-order valence-electron chi connectivity index (χ0n) is 11.0. The molecule has 3 amide bonds. The number of hydrogen-bond donors (Lipinski definition) is 5. The second-order valence-corrected chi connectivity index (χ2v) is 5.08. The molecule has 0 radical (unpaired) electrons. The zero-order valence-corrected chi connectivity index (χ0v) is 11.8. The first-order valence-electron chi connectivity index (χ1n) is 5.70. The van der Waals surface area contributed by atoms with Crippen molar-refractivity contribution in [2.45, 2.75) is 20.3 Å². The van der Waals surface area contributed by atoms with Gasteiger partial charge >= 0.3 is 6.03 Å². The van der Waals surface area contributed by atoms with Gasteiger partial charge < -0.3 is 16.8 Å². The molecule has 0 saturated carbocycles. The van der Waals surface area contributed by atoms with Gasteiger partial charge in [-0.1, -0.05) is 25.6 Å². The van der Waals surface area contributed by atoms with Crippen LogP contribution in [0.3, 0.4) is 0 Å². The van der Waals surface area contributed by atoms with Gasteiger partial charge in [-0.2, -0.15) is 4.99 Å². The second-order valence-electron chi connectivity index (χ2n) is 4.12. The van der Waals surface area contributed by atoms with E-state index in [1.165, 1.54) is 0 Å². The molecule has 0 aromatic rings. The Morgan fingerprint density at radius 3 is 2.53 bits per heavy atom. The van der Waals surface area contributed by atoms with E-state index in [1.807, 2.05) is 13.8 Å². The molecule has 0 aliphatic rings. The van der Waals surface area contributed by atoms with Crippen molar-refractivity contribution >= 4 is 34.8 Å². The van der Waals surface area contributed by atoms with Crippen molar-refractivity contribution in [3.8, 4) is 0 Å². The number of guanidine groups is 1. The monoisotopic (exact) mass is 288 g/mol. The van der Waals surface area contributed by atoms with Gasteiger partial charge in [0, 0.05) is 6.54 Å². The molecule has 0 rings (SSSR count). The molecule has 0 atom stereocenters. The minimum absolute atomic E-state index is 0.104. The molecule has 0 spiro atoms. The van der Waals surface area contributed by atoms with Gasteiger partial charge in [-0.25, -0.2) is 4.79 Å². The molecule has 0 aliphatic heterocycles. The number of nitrogens with two attached hydrogens (primary N) is 2. The number of imide groups is 1. The Kier molecular flexibility index (Phi) is 8.34. The number of thioether (sulfide) groups is 1. The topological polar surface area (TPSA) is 146 Å². The maximum Gasteiger partial charge on any atom is 0.321 e. The summed E-state index contributed by atoms with van der Waals surface area (Å²) in [6, 6.07) is -0.542. The Hall–Kier alpha value is -1.77. The maximum atomic E-state index is 11.3. The van der Waals surface area contributed by atoms with E-state index in [9.17, 15) is 9.59 Å². The van der Waals surface area contributed by atoms with E-state index in [0.29, 0.717) is 12.5 Å². The average molecular weight is 288 g/mol. The molecule has 108 valence electrons. The minimum Gasteiger partial charge on any atom is -0.370 e. The summed E-state index contributed by atoms with van der Waals surface area (Å²) >= 11 is 0.827. The average Bonchev–Trinajstić information content (AvgIpc) is 2.24. The number of amides is 3. The first-order valence-corrected chi connectivity index (χ1v) is 6.68. The lowest BCUT2D eigenvalue weighted by atomic mass is 10.1. The Morgan fingerprint density at radius 2 is 2.00 bits per heavy atom. The smallest absolute Gasteiger partial charge is 0.321 e. The molecule has 7 N–H and O–H groups in total. The molecule has 0 aromatic heterocycles. The summed E-state index contributed by atoms with van der Waals surface area (Å²) < 4.78 is 0. The standard InChI is InChI=1S/C10H20N6O2S/c1-6(2)3-4-14-10(18)15-7(17)5-19-9(13)16-8(11)12/h6H,3-5H2,1-2H3,(H5,11,12,13,16)(H2,14,15,17,18). The SMILES string of the molecule is CC(C)CCNC(=O)NC(=O)CSC(=N)N=C(N)N. The molecule has 0 aromatic carbocycles. The van der Waals surface area contributed by atoms with Crippen molar-refractivity contribution in [3.63, 3.8) is 0 Å². The van der Waals surface area contributed by atoms with Crippen molar-refractivity contribution in [2.75, 3.05) is 12.3 Å². The van der Waals surface area contributed by atoms with E-state index in [2.05, 4.69) is 15.6 Å². The van der Waals surface area contributed by atoms with E-state index in [4.69, 9.17) is 16.9 Å². The van der Waals surface area contributed by atoms with Crippen LogP contribution in [-0.2, 0) is 4.79 Å². The Balaban J connectivity index is 3.83. The maximum absolute atomic E-state index is 11.3.